The summed E-state index contributed by atoms with van der Waals surface area (Å²) in [5.41, 5.74) is 1.80. The van der Waals surface area contributed by atoms with E-state index in [-0.39, 0.29) is 23.5 Å². The summed E-state index contributed by atoms with van der Waals surface area (Å²) in [6, 6.07) is 8.46. The highest BCUT2D eigenvalue weighted by atomic mass is 16.4. The van der Waals surface area contributed by atoms with E-state index in [1.165, 1.54) is 0 Å². The van der Waals surface area contributed by atoms with Crippen LogP contribution in [0.15, 0.2) is 34.7 Å². The third kappa shape index (κ3) is 4.22. The van der Waals surface area contributed by atoms with Gasteiger partial charge >= 0.3 is 0 Å². The van der Waals surface area contributed by atoms with Crippen molar-refractivity contribution in [2.45, 2.75) is 39.5 Å². The Kier molecular flexibility index (Phi) is 4.59. The lowest BCUT2D eigenvalue weighted by Crippen LogP contribution is -2.24. The monoisotopic (exact) mass is 314 g/mol. The molecule has 1 aromatic carbocycles. The fraction of sp³-hybridized carbons (Fsp3) is 0.333. The average Bonchev–Trinajstić information content (AvgIpc) is 2.82. The van der Waals surface area contributed by atoms with E-state index in [0.29, 0.717) is 11.3 Å². The molecule has 0 saturated carbocycles. The molecule has 1 aromatic heterocycles. The summed E-state index contributed by atoms with van der Waals surface area (Å²) in [5.74, 6) is -0.424. The summed E-state index contributed by atoms with van der Waals surface area (Å²) in [6.07, 6.45) is -0.152. The lowest BCUT2D eigenvalue weighted by atomic mass is 9.93. The number of hydrogen-bond acceptors (Lipinski definition) is 4. The van der Waals surface area contributed by atoms with Crippen LogP contribution in [0.5, 0.6) is 0 Å². The number of anilines is 1. The summed E-state index contributed by atoms with van der Waals surface area (Å²) in [5, 5.41) is 13.3. The molecule has 0 unspecified atom stereocenters. The van der Waals surface area contributed by atoms with Gasteiger partial charge in [-0.05, 0) is 30.7 Å². The Labute approximate surface area is 135 Å². The molecule has 0 radical (unpaired) electrons. The minimum Gasteiger partial charge on any atom is -0.550 e. The molecule has 0 atom stereocenters. The number of rotatable bonds is 4. The summed E-state index contributed by atoms with van der Waals surface area (Å²) in [7, 11) is 0. The Bertz CT molecular complexity index is 720. The van der Waals surface area contributed by atoms with Gasteiger partial charge in [0, 0.05) is 29.1 Å². The van der Waals surface area contributed by atoms with Gasteiger partial charge in [-0.25, -0.2) is 0 Å². The summed E-state index contributed by atoms with van der Waals surface area (Å²) in [4.78, 5) is 22.9. The lowest BCUT2D eigenvalue weighted by molar-refractivity contribution is -0.304. The van der Waals surface area contributed by atoms with E-state index in [1.807, 2.05) is 33.8 Å². The molecular formula is C18H20NO4-. The number of nitrogens with one attached hydrogen (secondary N) is 1. The number of hydrogen-bond donors (Lipinski definition) is 1. The maximum atomic E-state index is 12.3. The second-order valence-electron chi connectivity index (χ2n) is 6.57. The zero-order valence-electron chi connectivity index (χ0n) is 13.7. The minimum absolute atomic E-state index is 0.152. The van der Waals surface area contributed by atoms with Crippen LogP contribution in [0.1, 0.15) is 48.2 Å². The highest BCUT2D eigenvalue weighted by Gasteiger charge is 2.23. The molecule has 122 valence electrons. The summed E-state index contributed by atoms with van der Waals surface area (Å²) in [6.45, 7) is 7.88. The summed E-state index contributed by atoms with van der Waals surface area (Å²) < 4.78 is 5.69. The smallest absolute Gasteiger partial charge is 0.291 e. The van der Waals surface area contributed by atoms with Gasteiger partial charge in [0.2, 0.25) is 0 Å². The molecule has 0 spiro atoms. The molecule has 0 aliphatic rings. The van der Waals surface area contributed by atoms with Gasteiger partial charge in [0.15, 0.2) is 5.76 Å². The van der Waals surface area contributed by atoms with Gasteiger partial charge in [0.05, 0.1) is 0 Å². The Morgan fingerprint density at radius 2 is 1.78 bits per heavy atom. The van der Waals surface area contributed by atoms with Crippen LogP contribution in [0.3, 0.4) is 0 Å². The molecule has 1 heterocycles. The number of amides is 1. The van der Waals surface area contributed by atoms with Gasteiger partial charge in [0.1, 0.15) is 5.76 Å². The first-order valence-electron chi connectivity index (χ1n) is 7.38. The van der Waals surface area contributed by atoms with Gasteiger partial charge in [0.25, 0.3) is 5.91 Å². The van der Waals surface area contributed by atoms with Crippen LogP contribution in [0.4, 0.5) is 5.69 Å². The van der Waals surface area contributed by atoms with Crippen molar-refractivity contribution in [3.63, 3.8) is 0 Å². The maximum absolute atomic E-state index is 12.3. The van der Waals surface area contributed by atoms with E-state index < -0.39 is 5.97 Å². The van der Waals surface area contributed by atoms with Gasteiger partial charge < -0.3 is 19.6 Å². The zero-order valence-corrected chi connectivity index (χ0v) is 13.7. The topological polar surface area (TPSA) is 82.4 Å². The van der Waals surface area contributed by atoms with Crippen LogP contribution in [-0.4, -0.2) is 11.9 Å². The van der Waals surface area contributed by atoms with Crippen LogP contribution < -0.4 is 10.4 Å². The van der Waals surface area contributed by atoms with E-state index in [1.54, 1.807) is 24.3 Å². The molecular weight excluding hydrogens is 294 g/mol. The van der Waals surface area contributed by atoms with Gasteiger partial charge in [-0.2, -0.15) is 0 Å². The molecule has 2 aromatic rings. The SMILES string of the molecule is Cc1cc(C(C)(C)C)oc1C(=O)Nc1ccc(CC(=O)[O-])cc1. The van der Waals surface area contributed by atoms with Gasteiger partial charge in [-0.15, -0.1) is 0 Å². The average molecular weight is 314 g/mol. The molecule has 2 rings (SSSR count). The van der Waals surface area contributed by atoms with Crippen molar-refractivity contribution in [2.24, 2.45) is 0 Å². The molecule has 1 amide bonds. The molecule has 1 N–H and O–H groups in total. The molecule has 0 bridgehead atoms. The van der Waals surface area contributed by atoms with E-state index >= 15 is 0 Å². The Balaban J connectivity index is 2.13. The first-order chi connectivity index (χ1) is 10.7. The van der Waals surface area contributed by atoms with Crippen molar-refractivity contribution in [1.82, 2.24) is 0 Å². The fourth-order valence-corrected chi connectivity index (χ4v) is 2.14. The van der Waals surface area contributed by atoms with Crippen molar-refractivity contribution in [2.75, 3.05) is 5.32 Å². The molecule has 5 nitrogen and oxygen atoms in total. The third-order valence-electron chi connectivity index (χ3n) is 3.42. The lowest BCUT2D eigenvalue weighted by Gasteiger charge is -2.14. The first-order valence-corrected chi connectivity index (χ1v) is 7.38. The number of furan rings is 1. The standard InChI is InChI=1S/C18H21NO4/c1-11-9-14(18(2,3)4)23-16(11)17(22)19-13-7-5-12(6-8-13)10-15(20)21/h5-9H,10H2,1-4H3,(H,19,22)(H,20,21)/p-1. The Hall–Kier alpha value is -2.56. The highest BCUT2D eigenvalue weighted by Crippen LogP contribution is 2.27. The van der Waals surface area contributed by atoms with Crippen LogP contribution in [0.2, 0.25) is 0 Å². The molecule has 0 saturated heterocycles. The zero-order chi connectivity index (χ0) is 17.2. The van der Waals surface area contributed by atoms with E-state index in [4.69, 9.17) is 4.42 Å². The quantitative estimate of drug-likeness (QED) is 0.939. The van der Waals surface area contributed by atoms with Crippen molar-refractivity contribution < 1.29 is 19.1 Å². The van der Waals surface area contributed by atoms with E-state index in [0.717, 1.165) is 11.3 Å². The van der Waals surface area contributed by atoms with Gasteiger partial charge in [-0.3, -0.25) is 4.79 Å². The van der Waals surface area contributed by atoms with Crippen molar-refractivity contribution in [3.8, 4) is 0 Å². The van der Waals surface area contributed by atoms with Crippen LogP contribution in [0.25, 0.3) is 0 Å². The number of carboxylic acids is 1. The minimum atomic E-state index is -1.14. The van der Waals surface area contributed by atoms with Crippen molar-refractivity contribution >= 4 is 17.6 Å². The first kappa shape index (κ1) is 16.8. The normalized spacial score (nSPS) is 11.3. The maximum Gasteiger partial charge on any atom is 0.291 e. The Morgan fingerprint density at radius 3 is 2.26 bits per heavy atom. The second-order valence-corrected chi connectivity index (χ2v) is 6.57. The molecule has 0 aliphatic heterocycles. The van der Waals surface area contributed by atoms with Crippen LogP contribution >= 0.6 is 0 Å². The number of carbonyl (C=O) groups excluding carboxylic acids is 2. The fourth-order valence-electron chi connectivity index (χ4n) is 2.14. The predicted octanol–water partition coefficient (Wildman–Crippen LogP) is 2.43. The molecule has 5 heteroatoms. The Morgan fingerprint density at radius 1 is 1.17 bits per heavy atom. The van der Waals surface area contributed by atoms with Crippen LogP contribution in [0, 0.1) is 6.92 Å². The molecule has 23 heavy (non-hydrogen) atoms. The van der Waals surface area contributed by atoms with E-state index in [9.17, 15) is 14.7 Å². The predicted molar refractivity (Wildman–Crippen MR) is 85.3 cm³/mol. The van der Waals surface area contributed by atoms with Crippen molar-refractivity contribution in [3.05, 3.63) is 53.0 Å². The molecule has 0 fully saturated rings. The number of aliphatic carboxylic acids is 1. The second kappa shape index (κ2) is 6.28. The largest absolute Gasteiger partial charge is 0.550 e. The number of benzene rings is 1. The van der Waals surface area contributed by atoms with Crippen molar-refractivity contribution in [1.29, 1.82) is 0 Å². The highest BCUT2D eigenvalue weighted by molar-refractivity contribution is 6.03. The molecule has 0 aliphatic carbocycles. The number of aryl methyl sites for hydroxylation is 1. The summed E-state index contributed by atoms with van der Waals surface area (Å²) >= 11 is 0. The van der Waals surface area contributed by atoms with Crippen LogP contribution in [-0.2, 0) is 16.6 Å². The number of carbonyl (C=O) groups is 2. The van der Waals surface area contributed by atoms with Gasteiger partial charge in [-0.1, -0.05) is 32.9 Å². The third-order valence-corrected chi connectivity index (χ3v) is 3.42. The van der Waals surface area contributed by atoms with E-state index in [2.05, 4.69) is 5.32 Å². The number of carboxylic acid groups (broad SMARTS) is 1.